The third-order valence-electron chi connectivity index (χ3n) is 0.829. The van der Waals surface area contributed by atoms with Crippen LogP contribution in [0.3, 0.4) is 0 Å². The summed E-state index contributed by atoms with van der Waals surface area (Å²) in [7, 11) is -2.10. The first kappa shape index (κ1) is 9.01. The van der Waals surface area contributed by atoms with Crippen LogP contribution in [0, 0.1) is 0 Å². The van der Waals surface area contributed by atoms with Gasteiger partial charge >= 0.3 is 0 Å². The summed E-state index contributed by atoms with van der Waals surface area (Å²) < 4.78 is 9.30. The SMILES string of the molecule is C=CC[SH](O)(=S)CC=C. The Hall–Kier alpha value is 0.01000. The normalized spacial score (nSPS) is 12.6. The van der Waals surface area contributed by atoms with Crippen LogP contribution in [0.15, 0.2) is 25.3 Å². The molecule has 0 bridgehead atoms. The van der Waals surface area contributed by atoms with Gasteiger partial charge in [-0.1, -0.05) is 12.2 Å². The Morgan fingerprint density at radius 3 is 1.89 bits per heavy atom. The second kappa shape index (κ2) is 3.93. The van der Waals surface area contributed by atoms with Gasteiger partial charge in [0.25, 0.3) is 0 Å². The standard InChI is InChI=1S/C6H12OS2/c1-3-5-9(7,8)6-4-2/h3-4,9H,1-2,5-6H2,(H,7,8). The summed E-state index contributed by atoms with van der Waals surface area (Å²) in [5, 5.41) is 0. The maximum absolute atomic E-state index is 9.30. The van der Waals surface area contributed by atoms with Crippen molar-refractivity contribution in [2.45, 2.75) is 0 Å². The van der Waals surface area contributed by atoms with Crippen LogP contribution in [0.5, 0.6) is 0 Å². The van der Waals surface area contributed by atoms with Gasteiger partial charge in [-0.2, -0.15) is 0 Å². The summed E-state index contributed by atoms with van der Waals surface area (Å²) in [4.78, 5) is 0. The van der Waals surface area contributed by atoms with Gasteiger partial charge in [0, 0.05) is 11.5 Å². The van der Waals surface area contributed by atoms with Gasteiger partial charge in [0.2, 0.25) is 0 Å². The predicted molar refractivity (Wildman–Crippen MR) is 48.9 cm³/mol. The highest BCUT2D eigenvalue weighted by molar-refractivity contribution is 8.37. The van der Waals surface area contributed by atoms with Crippen LogP contribution >= 0.6 is 0 Å². The lowest BCUT2D eigenvalue weighted by molar-refractivity contribution is 0.642. The molecule has 0 aliphatic heterocycles. The van der Waals surface area contributed by atoms with E-state index in [0.29, 0.717) is 11.5 Å². The van der Waals surface area contributed by atoms with Gasteiger partial charge in [-0.3, -0.25) is 0 Å². The second-order valence-electron chi connectivity index (χ2n) is 1.79. The fourth-order valence-corrected chi connectivity index (χ4v) is 2.07. The second-order valence-corrected chi connectivity index (χ2v) is 6.25. The Balaban J connectivity index is 3.85. The number of rotatable bonds is 4. The van der Waals surface area contributed by atoms with Crippen molar-refractivity contribution < 1.29 is 4.55 Å². The topological polar surface area (TPSA) is 20.2 Å². The van der Waals surface area contributed by atoms with Crippen LogP contribution in [-0.2, 0) is 20.1 Å². The zero-order valence-electron chi connectivity index (χ0n) is 5.29. The molecule has 0 aromatic rings. The lowest BCUT2D eigenvalue weighted by Crippen LogP contribution is -2.14. The van der Waals surface area contributed by atoms with E-state index < -0.39 is 8.87 Å². The molecular weight excluding hydrogens is 152 g/mol. The maximum atomic E-state index is 9.30. The summed E-state index contributed by atoms with van der Waals surface area (Å²) in [5.74, 6) is 1.10. The molecule has 0 aliphatic carbocycles. The average molecular weight is 164 g/mol. The van der Waals surface area contributed by atoms with Gasteiger partial charge in [0.1, 0.15) is 0 Å². The van der Waals surface area contributed by atoms with E-state index in [1.54, 1.807) is 12.2 Å². The van der Waals surface area contributed by atoms with E-state index in [-0.39, 0.29) is 0 Å². The van der Waals surface area contributed by atoms with E-state index in [1.807, 2.05) is 0 Å². The average Bonchev–Trinajstić information content (AvgIpc) is 1.64. The third kappa shape index (κ3) is 4.51. The van der Waals surface area contributed by atoms with Crippen LogP contribution < -0.4 is 0 Å². The van der Waals surface area contributed by atoms with Crippen LogP contribution in [0.2, 0.25) is 0 Å². The summed E-state index contributed by atoms with van der Waals surface area (Å²) in [6.07, 6.45) is 3.31. The minimum absolute atomic E-state index is 0.550. The van der Waals surface area contributed by atoms with Crippen LogP contribution in [-0.4, -0.2) is 16.1 Å². The van der Waals surface area contributed by atoms with E-state index in [0.717, 1.165) is 0 Å². The molecule has 9 heavy (non-hydrogen) atoms. The first-order valence-electron chi connectivity index (χ1n) is 2.65. The number of hydrogen-bond donors (Lipinski definition) is 2. The van der Waals surface area contributed by atoms with Gasteiger partial charge in [-0.05, 0) is 11.2 Å². The number of thiol groups is 1. The van der Waals surface area contributed by atoms with Crippen molar-refractivity contribution in [1.82, 2.24) is 0 Å². The molecule has 0 rings (SSSR count). The smallest absolute Gasteiger partial charge is 0.0181 e. The highest BCUT2D eigenvalue weighted by Crippen LogP contribution is 1.99. The fraction of sp³-hybridized carbons (Fsp3) is 0.333. The van der Waals surface area contributed by atoms with E-state index in [4.69, 9.17) is 11.2 Å². The lowest BCUT2D eigenvalue weighted by atomic mass is 10.8. The van der Waals surface area contributed by atoms with Gasteiger partial charge < -0.3 is 4.55 Å². The Morgan fingerprint density at radius 1 is 1.33 bits per heavy atom. The summed E-state index contributed by atoms with van der Waals surface area (Å²) >= 11 is 4.87. The van der Waals surface area contributed by atoms with Crippen LogP contribution in [0.25, 0.3) is 0 Å². The van der Waals surface area contributed by atoms with Gasteiger partial charge in [-0.25, -0.2) is 0 Å². The molecule has 0 saturated heterocycles. The number of hydrogen-bond acceptors (Lipinski definition) is 1. The summed E-state index contributed by atoms with van der Waals surface area (Å²) in [5.41, 5.74) is 0. The van der Waals surface area contributed by atoms with E-state index in [2.05, 4.69) is 13.2 Å². The molecule has 0 saturated carbocycles. The van der Waals surface area contributed by atoms with Crippen molar-refractivity contribution in [3.63, 3.8) is 0 Å². The molecule has 54 valence electrons. The van der Waals surface area contributed by atoms with Gasteiger partial charge in [0.15, 0.2) is 0 Å². The highest BCUT2D eigenvalue weighted by atomic mass is 32.9. The minimum atomic E-state index is -2.10. The summed E-state index contributed by atoms with van der Waals surface area (Å²) in [6, 6.07) is 0. The predicted octanol–water partition coefficient (Wildman–Crippen LogP) is 1.18. The molecule has 0 aromatic carbocycles. The van der Waals surface area contributed by atoms with Crippen molar-refractivity contribution in [2.24, 2.45) is 0 Å². The Labute approximate surface area is 61.9 Å². The molecule has 0 aliphatic rings. The lowest BCUT2D eigenvalue weighted by Gasteiger charge is -2.15. The first-order valence-corrected chi connectivity index (χ1v) is 5.77. The Bertz CT molecular complexity index is 137. The molecule has 0 heterocycles. The molecule has 0 unspecified atom stereocenters. The first-order chi connectivity index (χ1) is 4.12. The molecule has 0 fully saturated rings. The van der Waals surface area contributed by atoms with E-state index in [9.17, 15) is 4.55 Å². The Kier molecular flexibility index (Phi) is 3.93. The monoisotopic (exact) mass is 164 g/mol. The van der Waals surface area contributed by atoms with Crippen molar-refractivity contribution >= 4 is 20.1 Å². The van der Waals surface area contributed by atoms with Crippen molar-refractivity contribution in [2.75, 3.05) is 11.5 Å². The minimum Gasteiger partial charge on any atom is -0.350 e. The maximum Gasteiger partial charge on any atom is 0.0181 e. The molecule has 0 amide bonds. The van der Waals surface area contributed by atoms with Crippen molar-refractivity contribution in [3.8, 4) is 0 Å². The molecule has 0 spiro atoms. The molecule has 1 nitrogen and oxygen atoms in total. The Morgan fingerprint density at radius 2 is 1.67 bits per heavy atom. The molecule has 0 radical (unpaired) electrons. The summed E-state index contributed by atoms with van der Waals surface area (Å²) in [6.45, 7) is 6.99. The fourth-order valence-electron chi connectivity index (χ4n) is 0.478. The quantitative estimate of drug-likeness (QED) is 0.480. The molecular formula is C6H12OS2. The molecule has 1 N–H and O–H groups in total. The third-order valence-corrected chi connectivity index (χ3v) is 3.38. The molecule has 0 aromatic heterocycles. The van der Waals surface area contributed by atoms with Crippen molar-refractivity contribution in [3.05, 3.63) is 25.3 Å². The van der Waals surface area contributed by atoms with Gasteiger partial charge in [-0.15, -0.1) is 22.0 Å². The zero-order chi connectivity index (χ0) is 7.33. The van der Waals surface area contributed by atoms with E-state index >= 15 is 0 Å². The van der Waals surface area contributed by atoms with Gasteiger partial charge in [0.05, 0.1) is 0 Å². The van der Waals surface area contributed by atoms with Crippen molar-refractivity contribution in [1.29, 1.82) is 0 Å². The van der Waals surface area contributed by atoms with E-state index in [1.165, 1.54) is 0 Å². The largest absolute Gasteiger partial charge is 0.350 e. The zero-order valence-corrected chi connectivity index (χ0v) is 7.00. The molecule has 3 heteroatoms. The van der Waals surface area contributed by atoms with Crippen LogP contribution in [0.1, 0.15) is 0 Å². The van der Waals surface area contributed by atoms with Crippen LogP contribution in [0.4, 0.5) is 0 Å². The molecule has 0 atom stereocenters. The highest BCUT2D eigenvalue weighted by Gasteiger charge is 1.98.